The smallest absolute Gasteiger partial charge is 0.472 e. The lowest BCUT2D eigenvalue weighted by molar-refractivity contribution is -0.199. The van der Waals surface area contributed by atoms with Gasteiger partial charge in [-0.05, 0) is 44.6 Å². The van der Waals surface area contributed by atoms with Crippen molar-refractivity contribution in [1.29, 1.82) is 0 Å². The maximum atomic E-state index is 12.7. The monoisotopic (exact) mass is 818 g/mol. The summed E-state index contributed by atoms with van der Waals surface area (Å²) in [6, 6.07) is 0. The van der Waals surface area contributed by atoms with E-state index in [4.69, 9.17) is 29.0 Å². The fraction of sp³-hybridized carbons (Fsp3) is 0.837. The Bertz CT molecular complexity index is 1070. The van der Waals surface area contributed by atoms with E-state index in [-0.39, 0.29) is 45.1 Å². The van der Waals surface area contributed by atoms with E-state index in [9.17, 15) is 29.6 Å². The molecule has 2 unspecified atom stereocenters. The molecule has 7 atom stereocenters. The minimum absolute atomic E-state index is 0.0487. The Kier molecular flexibility index (Phi) is 33.1. The highest BCUT2D eigenvalue weighted by atomic mass is 31.2. The first-order valence-electron chi connectivity index (χ1n) is 21.9. The molecule has 0 aromatic heterocycles. The van der Waals surface area contributed by atoms with Crippen LogP contribution >= 0.6 is 7.82 Å². The van der Waals surface area contributed by atoms with E-state index in [2.05, 4.69) is 13.8 Å². The third kappa shape index (κ3) is 29.6. The van der Waals surface area contributed by atoms with E-state index < -0.39 is 44.5 Å². The fourth-order valence-corrected chi connectivity index (χ4v) is 7.36. The van der Waals surface area contributed by atoms with Crippen molar-refractivity contribution >= 4 is 13.8 Å². The molecule has 0 spiro atoms. The second-order valence-corrected chi connectivity index (χ2v) is 16.6. The summed E-state index contributed by atoms with van der Waals surface area (Å²) in [5.74, 6) is -0.783. The molecule has 0 aromatic carbocycles. The van der Waals surface area contributed by atoms with Crippen molar-refractivity contribution in [2.45, 2.75) is 199 Å². The summed E-state index contributed by atoms with van der Waals surface area (Å²) in [4.78, 5) is 22.6. The minimum atomic E-state index is -4.37. The molecule has 13 heteroatoms. The number of rotatable bonds is 37. The van der Waals surface area contributed by atoms with Crippen molar-refractivity contribution in [1.82, 2.24) is 0 Å². The molecule has 1 heterocycles. The molecule has 1 rings (SSSR count). The van der Waals surface area contributed by atoms with Crippen LogP contribution in [-0.2, 0) is 32.6 Å². The van der Waals surface area contributed by atoms with Crippen LogP contribution in [0.15, 0.2) is 36.6 Å². The van der Waals surface area contributed by atoms with Crippen molar-refractivity contribution in [3.05, 3.63) is 36.6 Å². The van der Waals surface area contributed by atoms with E-state index in [0.29, 0.717) is 25.7 Å². The minimum Gasteiger partial charge on any atom is -0.498 e. The second-order valence-electron chi connectivity index (χ2n) is 15.2. The molecule has 0 aromatic rings. The maximum Gasteiger partial charge on any atom is 0.472 e. The van der Waals surface area contributed by atoms with Crippen molar-refractivity contribution in [3.8, 4) is 0 Å². The van der Waals surface area contributed by atoms with Crippen molar-refractivity contribution in [3.63, 3.8) is 0 Å². The molecule has 6 N–H and O–H groups in total. The number of phosphoric ester groups is 1. The molecule has 0 aliphatic carbocycles. The first-order chi connectivity index (χ1) is 27.1. The lowest BCUT2D eigenvalue weighted by Gasteiger charge is -2.36. The standard InChI is InChI=1S/C43H80NO11P/c1-3-5-7-8-9-10-11-12-13-14-15-16-17-18-21-25-32-51-35-38(36-53-56(49,50)52-33-31-44)54-42(47)28-24-20-19-23-27-39-40(46)34-43(48)55-41(39)30-29-37(45)26-22-6-4-2/h19,23,25,29-30,32,37-41,43,45-46,48H,3-18,20-22,24,26-28,31,33-36,44H2,1-2H3,(H,49,50)/b23-19-,30-29+,32-25-/t37-,38+,39-,40-,41+,43?/m0/s1. The summed E-state index contributed by atoms with van der Waals surface area (Å²) in [5.41, 5.74) is 5.36. The second kappa shape index (κ2) is 35.4. The normalized spacial score (nSPS) is 21.2. The third-order valence-corrected chi connectivity index (χ3v) is 10.9. The van der Waals surface area contributed by atoms with Crippen LogP contribution in [0.5, 0.6) is 0 Å². The highest BCUT2D eigenvalue weighted by Crippen LogP contribution is 2.43. The van der Waals surface area contributed by atoms with Gasteiger partial charge < -0.3 is 40.2 Å². The summed E-state index contributed by atoms with van der Waals surface area (Å²) in [6.07, 6.45) is 31.6. The molecule has 0 bridgehead atoms. The first-order valence-corrected chi connectivity index (χ1v) is 23.4. The summed E-state index contributed by atoms with van der Waals surface area (Å²) < 4.78 is 38.8. The number of unbranched alkanes of at least 4 members (excludes halogenated alkanes) is 17. The Morgan fingerprint density at radius 3 is 2.07 bits per heavy atom. The van der Waals surface area contributed by atoms with Gasteiger partial charge in [0.2, 0.25) is 0 Å². The summed E-state index contributed by atoms with van der Waals surface area (Å²) in [5, 5.41) is 30.9. The van der Waals surface area contributed by atoms with Crippen LogP contribution in [0.4, 0.5) is 0 Å². The molecule has 0 radical (unpaired) electrons. The number of phosphoric acid groups is 1. The van der Waals surface area contributed by atoms with Gasteiger partial charge in [-0.3, -0.25) is 13.8 Å². The molecular formula is C43H80NO11P. The molecule has 1 fully saturated rings. The molecular weight excluding hydrogens is 737 g/mol. The summed E-state index contributed by atoms with van der Waals surface area (Å²) in [7, 11) is -4.37. The van der Waals surface area contributed by atoms with E-state index in [1.54, 1.807) is 18.4 Å². The topological polar surface area (TPSA) is 187 Å². The Labute approximate surface area is 339 Å². The Balaban J connectivity index is 2.41. The van der Waals surface area contributed by atoms with Gasteiger partial charge in [0.15, 0.2) is 12.4 Å². The zero-order valence-corrected chi connectivity index (χ0v) is 35.8. The fourth-order valence-electron chi connectivity index (χ4n) is 6.59. The largest absolute Gasteiger partial charge is 0.498 e. The Hall–Kier alpha value is -1.60. The number of hydrogen-bond donors (Lipinski definition) is 5. The molecule has 0 saturated carbocycles. The molecule has 1 aliphatic heterocycles. The van der Waals surface area contributed by atoms with Gasteiger partial charge in [-0.1, -0.05) is 141 Å². The molecule has 56 heavy (non-hydrogen) atoms. The van der Waals surface area contributed by atoms with E-state index >= 15 is 0 Å². The van der Waals surface area contributed by atoms with Gasteiger partial charge in [0, 0.05) is 25.3 Å². The summed E-state index contributed by atoms with van der Waals surface area (Å²) >= 11 is 0. The molecule has 1 saturated heterocycles. The number of aliphatic hydroxyl groups is 3. The number of hydrogen-bond acceptors (Lipinski definition) is 11. The van der Waals surface area contributed by atoms with Gasteiger partial charge in [0.05, 0.1) is 37.8 Å². The number of esters is 1. The van der Waals surface area contributed by atoms with Gasteiger partial charge >= 0.3 is 13.8 Å². The van der Waals surface area contributed by atoms with Crippen LogP contribution in [0, 0.1) is 5.92 Å². The van der Waals surface area contributed by atoms with Crippen LogP contribution in [-0.4, -0.2) is 83.3 Å². The van der Waals surface area contributed by atoms with Crippen LogP contribution in [0.1, 0.15) is 168 Å². The van der Waals surface area contributed by atoms with Crippen molar-refractivity contribution in [2.75, 3.05) is 26.4 Å². The molecule has 0 amide bonds. The maximum absolute atomic E-state index is 12.7. The highest BCUT2D eigenvalue weighted by molar-refractivity contribution is 7.47. The van der Waals surface area contributed by atoms with Crippen molar-refractivity contribution in [2.24, 2.45) is 11.7 Å². The molecule has 1 aliphatic rings. The number of carbonyl (C=O) groups excluding carboxylic acids is 1. The van der Waals surface area contributed by atoms with E-state index in [0.717, 1.165) is 32.1 Å². The average molecular weight is 818 g/mol. The van der Waals surface area contributed by atoms with Crippen molar-refractivity contribution < 1.29 is 52.8 Å². The lowest BCUT2D eigenvalue weighted by Crippen LogP contribution is -2.43. The van der Waals surface area contributed by atoms with Crippen LogP contribution in [0.25, 0.3) is 0 Å². The number of nitrogens with two attached hydrogens (primary N) is 1. The molecule has 328 valence electrons. The van der Waals surface area contributed by atoms with Gasteiger partial charge in [0.1, 0.15) is 6.61 Å². The van der Waals surface area contributed by atoms with Crippen LogP contribution in [0.3, 0.4) is 0 Å². The first kappa shape index (κ1) is 52.4. The lowest BCUT2D eigenvalue weighted by atomic mass is 9.87. The van der Waals surface area contributed by atoms with E-state index in [1.807, 2.05) is 18.2 Å². The van der Waals surface area contributed by atoms with Crippen LogP contribution < -0.4 is 5.73 Å². The third-order valence-electron chi connectivity index (χ3n) is 9.92. The summed E-state index contributed by atoms with van der Waals surface area (Å²) in [6.45, 7) is 3.82. The number of carbonyl (C=O) groups is 1. The average Bonchev–Trinajstić information content (AvgIpc) is 3.16. The van der Waals surface area contributed by atoms with Gasteiger partial charge in [-0.2, -0.15) is 0 Å². The SMILES string of the molecule is CCCCCCCCCCCCCCCC/C=C\OC[C@H](COP(=O)(O)OCCN)OC(=O)CCC/C=C\C[C@H]1[C@@H](O)CC(O)O[C@@H]1/C=C/[C@@H](O)CCCCC. The Morgan fingerprint density at radius 2 is 1.43 bits per heavy atom. The zero-order chi connectivity index (χ0) is 41.1. The van der Waals surface area contributed by atoms with Gasteiger partial charge in [-0.15, -0.1) is 0 Å². The number of aliphatic hydroxyl groups excluding tert-OH is 3. The quantitative estimate of drug-likeness (QED) is 0.0132. The molecule has 12 nitrogen and oxygen atoms in total. The number of allylic oxidation sites excluding steroid dienone is 3. The Morgan fingerprint density at radius 1 is 0.821 bits per heavy atom. The van der Waals surface area contributed by atoms with E-state index in [1.165, 1.54) is 83.5 Å². The van der Waals surface area contributed by atoms with Gasteiger partial charge in [-0.25, -0.2) is 4.57 Å². The highest BCUT2D eigenvalue weighted by Gasteiger charge is 2.35. The predicted octanol–water partition coefficient (Wildman–Crippen LogP) is 9.09. The van der Waals surface area contributed by atoms with Gasteiger partial charge in [0.25, 0.3) is 0 Å². The number of ether oxygens (including phenoxy) is 3. The zero-order valence-electron chi connectivity index (χ0n) is 34.9. The predicted molar refractivity (Wildman–Crippen MR) is 223 cm³/mol. The van der Waals surface area contributed by atoms with Crippen LogP contribution in [0.2, 0.25) is 0 Å².